The highest BCUT2D eigenvalue weighted by Gasteiger charge is 2.22. The fourth-order valence-electron chi connectivity index (χ4n) is 1.08. The molecular formula is C10H8BrNO2. The van der Waals surface area contributed by atoms with E-state index in [1.165, 1.54) is 7.11 Å². The quantitative estimate of drug-likeness (QED) is 0.760. The highest BCUT2D eigenvalue weighted by atomic mass is 79.9. The van der Waals surface area contributed by atoms with Crippen LogP contribution in [0.2, 0.25) is 0 Å². The second-order valence-corrected chi connectivity index (χ2v) is 3.46. The lowest BCUT2D eigenvalue weighted by molar-refractivity contribution is -0.141. The maximum atomic E-state index is 11.2. The molecule has 0 aliphatic rings. The summed E-state index contributed by atoms with van der Waals surface area (Å²) in [4.78, 5) is 11.2. The van der Waals surface area contributed by atoms with Gasteiger partial charge in [-0.25, -0.2) is 0 Å². The van der Waals surface area contributed by atoms with Gasteiger partial charge in [0.15, 0.2) is 5.92 Å². The lowest BCUT2D eigenvalue weighted by Gasteiger charge is -2.08. The molecule has 1 atom stereocenters. The van der Waals surface area contributed by atoms with Gasteiger partial charge in [0.05, 0.1) is 13.2 Å². The molecule has 0 heterocycles. The lowest BCUT2D eigenvalue weighted by atomic mass is 10.0. The van der Waals surface area contributed by atoms with Gasteiger partial charge in [-0.3, -0.25) is 4.79 Å². The predicted octanol–water partition coefficient (Wildman–Crippen LogP) is 2.23. The van der Waals surface area contributed by atoms with Crippen molar-refractivity contribution in [1.82, 2.24) is 0 Å². The van der Waals surface area contributed by atoms with Crippen LogP contribution in [0.4, 0.5) is 0 Å². The molecule has 0 aromatic heterocycles. The largest absolute Gasteiger partial charge is 0.468 e. The second kappa shape index (κ2) is 4.77. The normalized spacial score (nSPS) is 11.5. The van der Waals surface area contributed by atoms with E-state index < -0.39 is 11.9 Å². The predicted molar refractivity (Wildman–Crippen MR) is 54.5 cm³/mol. The van der Waals surface area contributed by atoms with E-state index in [4.69, 9.17) is 5.26 Å². The number of esters is 1. The maximum absolute atomic E-state index is 11.2. The zero-order chi connectivity index (χ0) is 10.6. The molecule has 0 radical (unpaired) electrons. The Labute approximate surface area is 90.4 Å². The molecule has 0 spiro atoms. The van der Waals surface area contributed by atoms with Gasteiger partial charge in [0.2, 0.25) is 0 Å². The van der Waals surface area contributed by atoms with Gasteiger partial charge in [0.1, 0.15) is 0 Å². The molecule has 0 fully saturated rings. The molecule has 14 heavy (non-hydrogen) atoms. The average molecular weight is 254 g/mol. The van der Waals surface area contributed by atoms with Crippen LogP contribution in [0.1, 0.15) is 11.5 Å². The van der Waals surface area contributed by atoms with Crippen LogP contribution in [-0.2, 0) is 9.53 Å². The highest BCUT2D eigenvalue weighted by molar-refractivity contribution is 9.10. The maximum Gasteiger partial charge on any atom is 0.327 e. The molecule has 1 aromatic rings. The summed E-state index contributed by atoms with van der Waals surface area (Å²) in [5, 5.41) is 8.83. The van der Waals surface area contributed by atoms with E-state index in [-0.39, 0.29) is 0 Å². The zero-order valence-corrected chi connectivity index (χ0v) is 9.11. The first-order valence-corrected chi connectivity index (χ1v) is 4.72. The minimum atomic E-state index is -0.865. The van der Waals surface area contributed by atoms with Crippen molar-refractivity contribution in [3.8, 4) is 6.07 Å². The molecule has 1 unspecified atom stereocenters. The molecule has 0 N–H and O–H groups in total. The van der Waals surface area contributed by atoms with Gasteiger partial charge in [-0.15, -0.1) is 0 Å². The molecule has 72 valence electrons. The van der Waals surface area contributed by atoms with E-state index >= 15 is 0 Å². The van der Waals surface area contributed by atoms with Gasteiger partial charge in [0.25, 0.3) is 0 Å². The van der Waals surface area contributed by atoms with Crippen molar-refractivity contribution >= 4 is 21.9 Å². The number of carbonyl (C=O) groups is 1. The van der Waals surface area contributed by atoms with Crippen LogP contribution in [0.5, 0.6) is 0 Å². The van der Waals surface area contributed by atoms with Gasteiger partial charge in [-0.1, -0.05) is 34.1 Å². The Morgan fingerprint density at radius 1 is 1.57 bits per heavy atom. The number of methoxy groups -OCH3 is 1. The Balaban J connectivity index is 3.09. The lowest BCUT2D eigenvalue weighted by Crippen LogP contribution is -2.12. The molecule has 0 aliphatic carbocycles. The van der Waals surface area contributed by atoms with Crippen molar-refractivity contribution in [3.63, 3.8) is 0 Å². The molecule has 0 amide bonds. The molecule has 1 aromatic carbocycles. The van der Waals surface area contributed by atoms with Crippen LogP contribution in [0.15, 0.2) is 28.7 Å². The van der Waals surface area contributed by atoms with Gasteiger partial charge in [-0.05, 0) is 11.6 Å². The summed E-state index contributed by atoms with van der Waals surface area (Å²) < 4.78 is 5.26. The molecule has 0 aliphatic heterocycles. The fourth-order valence-corrected chi connectivity index (χ4v) is 1.59. The van der Waals surface area contributed by atoms with Crippen molar-refractivity contribution in [2.24, 2.45) is 0 Å². The summed E-state index contributed by atoms with van der Waals surface area (Å²) in [7, 11) is 1.27. The van der Waals surface area contributed by atoms with E-state index in [0.29, 0.717) is 5.56 Å². The van der Waals surface area contributed by atoms with E-state index in [1.54, 1.807) is 18.2 Å². The van der Waals surface area contributed by atoms with E-state index in [0.717, 1.165) is 4.47 Å². The third-order valence-electron chi connectivity index (χ3n) is 1.78. The molecule has 0 saturated carbocycles. The van der Waals surface area contributed by atoms with Gasteiger partial charge in [-0.2, -0.15) is 5.26 Å². The Morgan fingerprint density at radius 2 is 2.21 bits per heavy atom. The summed E-state index contributed by atoms with van der Waals surface area (Å²) in [6.07, 6.45) is 0. The van der Waals surface area contributed by atoms with Crippen LogP contribution >= 0.6 is 15.9 Å². The van der Waals surface area contributed by atoms with Crippen LogP contribution < -0.4 is 0 Å². The standard InChI is InChI=1S/C10H8BrNO2/c1-14-10(13)8(6-12)7-4-2-3-5-9(7)11/h2-5,8H,1H3. The van der Waals surface area contributed by atoms with Gasteiger partial charge >= 0.3 is 5.97 Å². The summed E-state index contributed by atoms with van der Waals surface area (Å²) in [6, 6.07) is 8.99. The third kappa shape index (κ3) is 2.12. The Kier molecular flexibility index (Phi) is 3.66. The number of hydrogen-bond donors (Lipinski definition) is 0. The van der Waals surface area contributed by atoms with Crippen molar-refractivity contribution in [2.45, 2.75) is 5.92 Å². The van der Waals surface area contributed by atoms with Crippen molar-refractivity contribution in [3.05, 3.63) is 34.3 Å². The topological polar surface area (TPSA) is 50.1 Å². The van der Waals surface area contributed by atoms with E-state index in [9.17, 15) is 4.79 Å². The molecule has 3 nitrogen and oxygen atoms in total. The SMILES string of the molecule is COC(=O)C(C#N)c1ccccc1Br. The van der Waals surface area contributed by atoms with Crippen molar-refractivity contribution in [1.29, 1.82) is 5.26 Å². The zero-order valence-electron chi connectivity index (χ0n) is 7.53. The van der Waals surface area contributed by atoms with E-state index in [1.807, 2.05) is 12.1 Å². The minimum absolute atomic E-state index is 0.542. The molecule has 0 saturated heterocycles. The Morgan fingerprint density at radius 3 is 2.71 bits per heavy atom. The molecule has 1 rings (SSSR count). The fraction of sp³-hybridized carbons (Fsp3) is 0.200. The number of ether oxygens (including phenoxy) is 1. The number of nitriles is 1. The number of halogens is 1. The van der Waals surface area contributed by atoms with Crippen molar-refractivity contribution in [2.75, 3.05) is 7.11 Å². The number of hydrogen-bond acceptors (Lipinski definition) is 3. The molecule has 4 heteroatoms. The van der Waals surface area contributed by atoms with Gasteiger partial charge < -0.3 is 4.74 Å². The van der Waals surface area contributed by atoms with Gasteiger partial charge in [0, 0.05) is 4.47 Å². The average Bonchev–Trinajstić information content (AvgIpc) is 2.21. The van der Waals surface area contributed by atoms with Crippen LogP contribution in [0.25, 0.3) is 0 Å². The van der Waals surface area contributed by atoms with Crippen LogP contribution in [-0.4, -0.2) is 13.1 Å². The second-order valence-electron chi connectivity index (χ2n) is 2.61. The third-order valence-corrected chi connectivity index (χ3v) is 2.50. The minimum Gasteiger partial charge on any atom is -0.468 e. The Bertz CT molecular complexity index is 384. The highest BCUT2D eigenvalue weighted by Crippen LogP contribution is 2.25. The molecular weight excluding hydrogens is 246 g/mol. The van der Waals surface area contributed by atoms with Crippen LogP contribution in [0.3, 0.4) is 0 Å². The monoisotopic (exact) mass is 253 g/mol. The summed E-state index contributed by atoms with van der Waals surface area (Å²) >= 11 is 3.28. The molecule has 0 bridgehead atoms. The summed E-state index contributed by atoms with van der Waals surface area (Å²) in [5.41, 5.74) is 0.627. The number of benzene rings is 1. The first-order valence-electron chi connectivity index (χ1n) is 3.92. The smallest absolute Gasteiger partial charge is 0.327 e. The first-order chi connectivity index (χ1) is 6.70. The van der Waals surface area contributed by atoms with Crippen molar-refractivity contribution < 1.29 is 9.53 Å². The summed E-state index contributed by atoms with van der Waals surface area (Å²) in [6.45, 7) is 0. The first kappa shape index (κ1) is 10.7. The number of nitrogens with zero attached hydrogens (tertiary/aromatic N) is 1. The van der Waals surface area contributed by atoms with E-state index in [2.05, 4.69) is 20.7 Å². The Hall–Kier alpha value is -1.34. The number of rotatable bonds is 2. The van der Waals surface area contributed by atoms with Crippen LogP contribution in [0, 0.1) is 11.3 Å². The number of carbonyl (C=O) groups excluding carboxylic acids is 1. The summed E-state index contributed by atoms with van der Waals surface area (Å²) in [5.74, 6) is -1.41.